The molecule has 4 N–H and O–H groups in total. The van der Waals surface area contributed by atoms with E-state index in [4.69, 9.17) is 0 Å². The second-order valence-corrected chi connectivity index (χ2v) is 7.30. The molecule has 10 nitrogen and oxygen atoms in total. The van der Waals surface area contributed by atoms with E-state index in [1.54, 1.807) is 12.4 Å². The van der Waals surface area contributed by atoms with Crippen molar-refractivity contribution in [3.8, 4) is 0 Å². The van der Waals surface area contributed by atoms with Crippen LogP contribution in [0, 0.1) is 10.1 Å². The van der Waals surface area contributed by atoms with Crippen LogP contribution in [0.15, 0.2) is 60.5 Å². The number of alkyl halides is 3. The van der Waals surface area contributed by atoms with Crippen LogP contribution in [0.25, 0.3) is 11.4 Å². The summed E-state index contributed by atoms with van der Waals surface area (Å²) in [6.07, 6.45) is 2.18. The standard InChI is InChI=1S/C21H18F4N8O2/c22-16-9-12(21(23,24)25)1-3-14(16)18-15(19-27-6-7-28-19)11-31-20(32-18)29-8-5-26-17-4-2-13(10-30-17)33(34)35/h1-2,4,6-7,9-11,27-28H,3,5,8H2,(H,26,30)(H,29,32). The van der Waals surface area contributed by atoms with Gasteiger partial charge in [-0.15, -0.1) is 0 Å². The Labute approximate surface area is 195 Å². The monoisotopic (exact) mass is 490 g/mol. The molecule has 0 saturated carbocycles. The van der Waals surface area contributed by atoms with Crippen LogP contribution < -0.4 is 31.8 Å². The molecule has 14 heteroatoms. The van der Waals surface area contributed by atoms with Gasteiger partial charge in [-0.05, 0) is 18.6 Å². The number of hydrogen-bond acceptors (Lipinski definition) is 9. The van der Waals surface area contributed by atoms with Crippen LogP contribution >= 0.6 is 0 Å². The summed E-state index contributed by atoms with van der Waals surface area (Å²) in [5.41, 5.74) is -1.19. The van der Waals surface area contributed by atoms with Crippen LogP contribution in [0.5, 0.6) is 0 Å². The molecule has 0 fully saturated rings. The topological polar surface area (TPSA) is 130 Å². The van der Waals surface area contributed by atoms with Crippen molar-refractivity contribution in [2.45, 2.75) is 12.6 Å². The molecule has 35 heavy (non-hydrogen) atoms. The van der Waals surface area contributed by atoms with E-state index >= 15 is 0 Å². The first-order valence-electron chi connectivity index (χ1n) is 10.2. The molecule has 1 aliphatic carbocycles. The third kappa shape index (κ3) is 5.54. The summed E-state index contributed by atoms with van der Waals surface area (Å²) in [6.45, 7) is 0.649. The van der Waals surface area contributed by atoms with E-state index in [1.807, 2.05) is 0 Å². The second-order valence-electron chi connectivity index (χ2n) is 7.30. The molecule has 0 saturated heterocycles. The largest absolute Gasteiger partial charge is 0.416 e. The highest BCUT2D eigenvalue weighted by molar-refractivity contribution is 5.67. The minimum absolute atomic E-state index is 0.00495. The summed E-state index contributed by atoms with van der Waals surface area (Å²) in [7, 11) is 0. The molecular weight excluding hydrogens is 472 g/mol. The Morgan fingerprint density at radius 3 is 2.46 bits per heavy atom. The number of nitrogens with one attached hydrogen (secondary N) is 4. The van der Waals surface area contributed by atoms with Gasteiger partial charge in [-0.3, -0.25) is 10.1 Å². The van der Waals surface area contributed by atoms with E-state index < -0.39 is 22.5 Å². The van der Waals surface area contributed by atoms with Gasteiger partial charge in [0.2, 0.25) is 5.95 Å². The smallest absolute Gasteiger partial charge is 0.368 e. The van der Waals surface area contributed by atoms with Crippen molar-refractivity contribution in [1.29, 1.82) is 0 Å². The van der Waals surface area contributed by atoms with Gasteiger partial charge in [0.15, 0.2) is 0 Å². The maximum absolute atomic E-state index is 14.8. The van der Waals surface area contributed by atoms with Gasteiger partial charge in [0, 0.05) is 43.3 Å². The van der Waals surface area contributed by atoms with Gasteiger partial charge in [0.1, 0.15) is 23.7 Å². The first-order chi connectivity index (χ1) is 16.7. The zero-order chi connectivity index (χ0) is 25.0. The van der Waals surface area contributed by atoms with Gasteiger partial charge in [0.25, 0.3) is 5.69 Å². The highest BCUT2D eigenvalue weighted by Gasteiger charge is 2.34. The molecule has 2 aliphatic rings. The van der Waals surface area contributed by atoms with Crippen molar-refractivity contribution in [3.05, 3.63) is 81.2 Å². The SMILES string of the molecule is O=[N+]([O-])c1ccc(NCCNc2ncc(=C3NC=CN3)c(=C3CC=C(C(F)(F)F)C=C3F)n2)nc1. The first-order valence-corrected chi connectivity index (χ1v) is 10.2. The van der Waals surface area contributed by atoms with Crippen molar-refractivity contribution >= 4 is 28.8 Å². The lowest BCUT2D eigenvalue weighted by molar-refractivity contribution is -0.385. The number of anilines is 2. The summed E-state index contributed by atoms with van der Waals surface area (Å²) in [6, 6.07) is 2.78. The number of nitrogens with zero attached hydrogens (tertiary/aromatic N) is 4. The fourth-order valence-electron chi connectivity index (χ4n) is 3.29. The maximum atomic E-state index is 14.8. The van der Waals surface area contributed by atoms with Crippen LogP contribution in [0.4, 0.5) is 35.0 Å². The number of halogens is 4. The van der Waals surface area contributed by atoms with Crippen molar-refractivity contribution in [3.63, 3.8) is 0 Å². The number of rotatable bonds is 6. The fraction of sp³-hybridized carbons (Fsp3) is 0.190. The van der Waals surface area contributed by atoms with Crippen LogP contribution in [0.1, 0.15) is 6.42 Å². The number of nitro groups is 1. The molecule has 0 bridgehead atoms. The molecule has 182 valence electrons. The number of pyridine rings is 1. The van der Waals surface area contributed by atoms with E-state index in [0.29, 0.717) is 36.0 Å². The van der Waals surface area contributed by atoms with E-state index in [9.17, 15) is 27.7 Å². The zero-order valence-corrected chi connectivity index (χ0v) is 17.9. The molecule has 0 unspecified atom stereocenters. The Morgan fingerprint density at radius 2 is 1.83 bits per heavy atom. The second kappa shape index (κ2) is 9.79. The molecule has 3 heterocycles. The Bertz CT molecular complexity index is 1340. The summed E-state index contributed by atoms with van der Waals surface area (Å²) < 4.78 is 53.7. The molecular formula is C21H18F4N8O2. The van der Waals surface area contributed by atoms with E-state index in [2.05, 4.69) is 36.2 Å². The van der Waals surface area contributed by atoms with Crippen molar-refractivity contribution in [2.75, 3.05) is 23.7 Å². The minimum atomic E-state index is -4.65. The molecule has 0 spiro atoms. The summed E-state index contributed by atoms with van der Waals surface area (Å²) in [5, 5.41) is 23.0. The zero-order valence-electron chi connectivity index (χ0n) is 17.9. The molecule has 2 aromatic rings. The van der Waals surface area contributed by atoms with Crippen LogP contribution in [0.2, 0.25) is 0 Å². The predicted octanol–water partition coefficient (Wildman–Crippen LogP) is 1.93. The Kier molecular flexibility index (Phi) is 6.62. The summed E-state index contributed by atoms with van der Waals surface area (Å²) in [5.74, 6) is 0.0000731. The van der Waals surface area contributed by atoms with Gasteiger partial charge < -0.3 is 21.3 Å². The normalized spacial score (nSPS) is 16.7. The Morgan fingerprint density at radius 1 is 1.09 bits per heavy atom. The first kappa shape index (κ1) is 23.7. The van der Waals surface area contributed by atoms with E-state index in [0.717, 1.165) is 12.3 Å². The maximum Gasteiger partial charge on any atom is 0.416 e. The van der Waals surface area contributed by atoms with Gasteiger partial charge >= 0.3 is 6.18 Å². The minimum Gasteiger partial charge on any atom is -0.368 e. The van der Waals surface area contributed by atoms with Crippen molar-refractivity contribution < 1.29 is 22.5 Å². The molecule has 0 radical (unpaired) electrons. The molecule has 4 rings (SSSR count). The average molecular weight is 490 g/mol. The molecule has 0 aromatic carbocycles. The number of hydrogen-bond donors (Lipinski definition) is 4. The van der Waals surface area contributed by atoms with E-state index in [1.165, 1.54) is 18.3 Å². The number of aromatic nitrogens is 3. The van der Waals surface area contributed by atoms with Crippen LogP contribution in [-0.2, 0) is 0 Å². The lowest BCUT2D eigenvalue weighted by Crippen LogP contribution is -2.39. The van der Waals surface area contributed by atoms with Gasteiger partial charge in [0.05, 0.1) is 21.1 Å². The van der Waals surface area contributed by atoms with Gasteiger partial charge in [-0.25, -0.2) is 19.3 Å². The summed E-state index contributed by atoms with van der Waals surface area (Å²) >= 11 is 0. The van der Waals surface area contributed by atoms with Crippen molar-refractivity contribution in [2.24, 2.45) is 0 Å². The highest BCUT2D eigenvalue weighted by atomic mass is 19.4. The Balaban J connectivity index is 1.55. The third-order valence-electron chi connectivity index (χ3n) is 4.98. The van der Waals surface area contributed by atoms with Gasteiger partial charge in [-0.2, -0.15) is 13.2 Å². The lowest BCUT2D eigenvalue weighted by Gasteiger charge is -2.15. The van der Waals surface area contributed by atoms with Gasteiger partial charge in [-0.1, -0.05) is 6.08 Å². The third-order valence-corrected chi connectivity index (χ3v) is 4.98. The number of allylic oxidation sites excluding steroid dienone is 4. The molecule has 0 amide bonds. The van der Waals surface area contributed by atoms with Crippen LogP contribution in [-0.4, -0.2) is 39.1 Å². The lowest BCUT2D eigenvalue weighted by atomic mass is 10.00. The molecule has 2 aromatic heterocycles. The quantitative estimate of drug-likeness (QED) is 0.208. The Hall–Kier alpha value is -4.49. The van der Waals surface area contributed by atoms with Crippen LogP contribution in [0.3, 0.4) is 0 Å². The molecule has 1 aliphatic heterocycles. The average Bonchev–Trinajstić information content (AvgIpc) is 3.36. The predicted molar refractivity (Wildman–Crippen MR) is 119 cm³/mol. The highest BCUT2D eigenvalue weighted by Crippen LogP contribution is 2.34. The molecule has 0 atom stereocenters. The van der Waals surface area contributed by atoms with Crippen molar-refractivity contribution in [1.82, 2.24) is 25.6 Å². The van der Waals surface area contributed by atoms with E-state index in [-0.39, 0.29) is 29.0 Å². The summed E-state index contributed by atoms with van der Waals surface area (Å²) in [4.78, 5) is 22.6. The fourth-order valence-corrected chi connectivity index (χ4v) is 3.29.